The number of anilines is 1. The number of methoxy groups -OCH3 is 1. The van der Waals surface area contributed by atoms with Crippen LogP contribution in [-0.2, 0) is 0 Å². The molecule has 0 unspecified atom stereocenters. The van der Waals surface area contributed by atoms with Crippen LogP contribution >= 0.6 is 0 Å². The molecule has 0 spiro atoms. The molecule has 6 rings (SSSR count). The molecule has 1 amide bonds. The summed E-state index contributed by atoms with van der Waals surface area (Å²) in [5, 5.41) is 17.9. The first kappa shape index (κ1) is 27.6. The van der Waals surface area contributed by atoms with Crippen molar-refractivity contribution in [2.45, 2.75) is 6.92 Å². The van der Waals surface area contributed by atoms with Crippen LogP contribution < -0.4 is 15.2 Å². The summed E-state index contributed by atoms with van der Waals surface area (Å²) < 4.78 is 6.33. The van der Waals surface area contributed by atoms with Crippen LogP contribution in [0.2, 0.25) is 0 Å². The molecule has 5 aromatic rings. The molecule has 1 saturated heterocycles. The first-order chi connectivity index (χ1) is 20.8. The van der Waals surface area contributed by atoms with E-state index < -0.39 is 10.5 Å². The number of piperazine rings is 1. The Kier molecular flexibility index (Phi) is 7.33. The molecule has 1 fully saturated rings. The van der Waals surface area contributed by atoms with E-state index in [-0.39, 0.29) is 17.3 Å². The lowest BCUT2D eigenvalue weighted by molar-refractivity contribution is -0.384. The Bertz CT molecular complexity index is 1890. The summed E-state index contributed by atoms with van der Waals surface area (Å²) in [6.07, 6.45) is 0. The number of fused-ring (bicyclic) bond motifs is 1. The number of carbonyl (C=O) groups is 1. The van der Waals surface area contributed by atoms with Crippen molar-refractivity contribution in [1.29, 1.82) is 0 Å². The number of aromatic nitrogens is 2. The van der Waals surface area contributed by atoms with Gasteiger partial charge in [0.25, 0.3) is 17.2 Å². The second kappa shape index (κ2) is 11.4. The molecule has 43 heavy (non-hydrogen) atoms. The number of nitro benzene ring substituents is 1. The quantitative estimate of drug-likeness (QED) is 0.201. The molecular formula is C33H29N5O5. The fraction of sp³-hybridized carbons (Fsp3) is 0.182. The average Bonchev–Trinajstić information content (AvgIpc) is 3.05. The largest absolute Gasteiger partial charge is 0.497 e. The van der Waals surface area contributed by atoms with Crippen LogP contribution in [0.15, 0.2) is 95.8 Å². The third-order valence-electron chi connectivity index (χ3n) is 7.78. The molecular weight excluding hydrogens is 546 g/mol. The van der Waals surface area contributed by atoms with Crippen molar-refractivity contribution >= 4 is 28.1 Å². The van der Waals surface area contributed by atoms with E-state index in [0.717, 1.165) is 15.8 Å². The minimum atomic E-state index is -0.501. The first-order valence-electron chi connectivity index (χ1n) is 13.9. The minimum Gasteiger partial charge on any atom is -0.497 e. The van der Waals surface area contributed by atoms with Gasteiger partial charge in [-0.2, -0.15) is 9.78 Å². The molecule has 216 valence electrons. The fourth-order valence-electron chi connectivity index (χ4n) is 5.39. The van der Waals surface area contributed by atoms with Crippen molar-refractivity contribution in [3.8, 4) is 22.7 Å². The summed E-state index contributed by atoms with van der Waals surface area (Å²) in [7, 11) is 1.58. The molecule has 0 atom stereocenters. The number of ether oxygens (including phenoxy) is 1. The number of amides is 1. The second-order valence-corrected chi connectivity index (χ2v) is 10.4. The number of benzene rings is 4. The van der Waals surface area contributed by atoms with Crippen LogP contribution in [0, 0.1) is 17.0 Å². The predicted molar refractivity (Wildman–Crippen MR) is 165 cm³/mol. The van der Waals surface area contributed by atoms with Gasteiger partial charge in [-0.3, -0.25) is 19.7 Å². The maximum Gasteiger partial charge on any atom is 0.295 e. The SMILES string of the molecule is COc1ccc(C(=O)N2CCN(c3ccc([N+](=O)[O-])c(-n4nc(-c5ccc(C)cc5)c5ccccc5c4=O)c3)CC2)cc1. The van der Waals surface area contributed by atoms with Gasteiger partial charge in [0.2, 0.25) is 0 Å². The number of hydrogen-bond donors (Lipinski definition) is 0. The zero-order valence-corrected chi connectivity index (χ0v) is 23.8. The number of carbonyl (C=O) groups excluding carboxylic acids is 1. The molecule has 1 aliphatic rings. The van der Waals surface area contributed by atoms with Gasteiger partial charge in [-0.15, -0.1) is 0 Å². The van der Waals surface area contributed by atoms with E-state index in [1.807, 2.05) is 43.3 Å². The van der Waals surface area contributed by atoms with Gasteiger partial charge in [0.05, 0.1) is 23.1 Å². The zero-order valence-electron chi connectivity index (χ0n) is 23.8. The van der Waals surface area contributed by atoms with Crippen molar-refractivity contribution in [3.05, 3.63) is 123 Å². The summed E-state index contributed by atoms with van der Waals surface area (Å²) in [6.45, 7) is 3.98. The Morgan fingerprint density at radius 2 is 1.56 bits per heavy atom. The molecule has 10 heteroatoms. The Morgan fingerprint density at radius 1 is 0.884 bits per heavy atom. The van der Waals surface area contributed by atoms with Crippen LogP contribution in [0.4, 0.5) is 11.4 Å². The number of hydrogen-bond acceptors (Lipinski definition) is 7. The lowest BCUT2D eigenvalue weighted by atomic mass is 10.0. The monoisotopic (exact) mass is 575 g/mol. The number of rotatable bonds is 6. The molecule has 0 aliphatic carbocycles. The van der Waals surface area contributed by atoms with Crippen molar-refractivity contribution in [3.63, 3.8) is 0 Å². The summed E-state index contributed by atoms with van der Waals surface area (Å²) >= 11 is 0. The van der Waals surface area contributed by atoms with E-state index in [1.165, 1.54) is 6.07 Å². The van der Waals surface area contributed by atoms with Gasteiger partial charge in [-0.1, -0.05) is 48.0 Å². The van der Waals surface area contributed by atoms with Gasteiger partial charge in [-0.05, 0) is 49.4 Å². The molecule has 4 aromatic carbocycles. The molecule has 1 aliphatic heterocycles. The highest BCUT2D eigenvalue weighted by Crippen LogP contribution is 2.31. The number of nitro groups is 1. The summed E-state index contributed by atoms with van der Waals surface area (Å²) in [6, 6.07) is 26.7. The minimum absolute atomic E-state index is 0.0674. The summed E-state index contributed by atoms with van der Waals surface area (Å²) in [5.74, 6) is 0.614. The Hall–Kier alpha value is -5.51. The third kappa shape index (κ3) is 5.30. The van der Waals surface area contributed by atoms with Crippen molar-refractivity contribution in [2.75, 3.05) is 38.2 Å². The topological polar surface area (TPSA) is 111 Å². The van der Waals surface area contributed by atoms with Crippen molar-refractivity contribution in [1.82, 2.24) is 14.7 Å². The van der Waals surface area contributed by atoms with E-state index >= 15 is 0 Å². The third-order valence-corrected chi connectivity index (χ3v) is 7.78. The Labute approximate surface area is 247 Å². The number of nitrogens with zero attached hydrogens (tertiary/aromatic N) is 5. The fourth-order valence-corrected chi connectivity index (χ4v) is 5.39. The lowest BCUT2D eigenvalue weighted by Crippen LogP contribution is -2.48. The van der Waals surface area contributed by atoms with Gasteiger partial charge in [0.15, 0.2) is 0 Å². The molecule has 10 nitrogen and oxygen atoms in total. The van der Waals surface area contributed by atoms with E-state index in [1.54, 1.807) is 60.5 Å². The highest BCUT2D eigenvalue weighted by molar-refractivity contribution is 5.95. The second-order valence-electron chi connectivity index (χ2n) is 10.4. The van der Waals surface area contributed by atoms with Crippen molar-refractivity contribution < 1.29 is 14.5 Å². The molecule has 0 bridgehead atoms. The van der Waals surface area contributed by atoms with Gasteiger partial charge < -0.3 is 14.5 Å². The van der Waals surface area contributed by atoms with Gasteiger partial charge >= 0.3 is 0 Å². The van der Waals surface area contributed by atoms with Crippen molar-refractivity contribution in [2.24, 2.45) is 0 Å². The van der Waals surface area contributed by atoms with Gasteiger partial charge in [0.1, 0.15) is 11.4 Å². The summed E-state index contributed by atoms with van der Waals surface area (Å²) in [5.41, 5.74) is 3.14. The van der Waals surface area contributed by atoms with E-state index in [9.17, 15) is 19.7 Å². The van der Waals surface area contributed by atoms with E-state index in [0.29, 0.717) is 59.6 Å². The van der Waals surface area contributed by atoms with Gasteiger partial charge in [0, 0.05) is 54.4 Å². The zero-order chi connectivity index (χ0) is 30.1. The standard InChI is InChI=1S/C33H29N5O5/c1-22-7-9-23(10-8-22)31-27-5-3-4-6-28(27)33(40)37(34-31)30-21-25(13-16-29(30)38(41)42)35-17-19-36(20-18-35)32(39)24-11-14-26(43-2)15-12-24/h3-16,21H,17-20H2,1-2H3. The number of aryl methyl sites for hydroxylation is 1. The van der Waals surface area contributed by atoms with Crippen LogP contribution in [0.25, 0.3) is 27.7 Å². The molecule has 0 saturated carbocycles. The van der Waals surface area contributed by atoms with E-state index in [4.69, 9.17) is 9.84 Å². The smallest absolute Gasteiger partial charge is 0.295 e. The van der Waals surface area contributed by atoms with Crippen LogP contribution in [0.3, 0.4) is 0 Å². The summed E-state index contributed by atoms with van der Waals surface area (Å²) in [4.78, 5) is 42.3. The maximum atomic E-state index is 13.7. The Balaban J connectivity index is 1.35. The predicted octanol–water partition coefficient (Wildman–Crippen LogP) is 5.24. The van der Waals surface area contributed by atoms with Crippen LogP contribution in [-0.4, -0.2) is 58.8 Å². The van der Waals surface area contributed by atoms with E-state index in [2.05, 4.69) is 4.90 Å². The maximum absolute atomic E-state index is 13.7. The Morgan fingerprint density at radius 3 is 2.21 bits per heavy atom. The van der Waals surface area contributed by atoms with Crippen LogP contribution in [0.5, 0.6) is 5.75 Å². The van der Waals surface area contributed by atoms with Crippen LogP contribution in [0.1, 0.15) is 15.9 Å². The molecule has 1 aromatic heterocycles. The highest BCUT2D eigenvalue weighted by Gasteiger charge is 2.26. The lowest BCUT2D eigenvalue weighted by Gasteiger charge is -2.36. The molecule has 0 N–H and O–H groups in total. The van der Waals surface area contributed by atoms with Gasteiger partial charge in [-0.25, -0.2) is 0 Å². The average molecular weight is 576 g/mol. The normalized spacial score (nSPS) is 13.3. The molecule has 0 radical (unpaired) electrons. The molecule has 2 heterocycles. The first-order valence-corrected chi connectivity index (χ1v) is 13.9. The highest BCUT2D eigenvalue weighted by atomic mass is 16.6.